The number of aliphatic hydroxyl groups excluding tert-OH is 1. The number of hydrogen-bond acceptors (Lipinski definition) is 4. The molecular weight excluding hydrogens is 306 g/mol. The highest BCUT2D eigenvalue weighted by Crippen LogP contribution is 2.24. The van der Waals surface area contributed by atoms with Gasteiger partial charge in [-0.05, 0) is 50.8 Å². The smallest absolute Gasteiger partial charge is 0.321 e. The van der Waals surface area contributed by atoms with Crippen LogP contribution < -0.4 is 5.32 Å². The SMILES string of the molecule is Cc1coc(-c2cccc(NC(=O)N3CCC(C(C)O)CC3)c2)n1. The van der Waals surface area contributed by atoms with Gasteiger partial charge in [0.1, 0.15) is 6.26 Å². The number of nitrogens with zero attached hydrogens (tertiary/aromatic N) is 2. The molecule has 1 aliphatic heterocycles. The van der Waals surface area contributed by atoms with Crippen molar-refractivity contribution in [1.82, 2.24) is 9.88 Å². The molecule has 0 saturated carbocycles. The number of carbonyl (C=O) groups is 1. The zero-order valence-corrected chi connectivity index (χ0v) is 14.0. The topological polar surface area (TPSA) is 78.6 Å². The molecule has 1 aromatic carbocycles. The number of oxazole rings is 1. The van der Waals surface area contributed by atoms with E-state index in [1.807, 2.05) is 38.1 Å². The van der Waals surface area contributed by atoms with Crippen molar-refractivity contribution in [3.8, 4) is 11.5 Å². The Morgan fingerprint density at radius 2 is 2.17 bits per heavy atom. The summed E-state index contributed by atoms with van der Waals surface area (Å²) < 4.78 is 5.40. The second kappa shape index (κ2) is 7.05. The molecule has 24 heavy (non-hydrogen) atoms. The quantitative estimate of drug-likeness (QED) is 0.906. The van der Waals surface area contributed by atoms with Gasteiger partial charge in [-0.3, -0.25) is 0 Å². The van der Waals surface area contributed by atoms with Crippen LogP contribution in [-0.4, -0.2) is 40.2 Å². The average molecular weight is 329 g/mol. The Morgan fingerprint density at radius 3 is 2.79 bits per heavy atom. The maximum absolute atomic E-state index is 12.4. The monoisotopic (exact) mass is 329 g/mol. The van der Waals surface area contributed by atoms with Crippen LogP contribution in [0, 0.1) is 12.8 Å². The van der Waals surface area contributed by atoms with Crippen molar-refractivity contribution in [3.63, 3.8) is 0 Å². The van der Waals surface area contributed by atoms with Crippen molar-refractivity contribution in [2.45, 2.75) is 32.8 Å². The number of aryl methyl sites for hydroxylation is 1. The first-order valence-corrected chi connectivity index (χ1v) is 8.29. The molecular formula is C18H23N3O3. The van der Waals surface area contributed by atoms with Gasteiger partial charge in [-0.1, -0.05) is 6.07 Å². The molecule has 6 heteroatoms. The van der Waals surface area contributed by atoms with Crippen LogP contribution in [0.15, 0.2) is 34.9 Å². The maximum atomic E-state index is 12.4. The Balaban J connectivity index is 1.63. The molecule has 2 aromatic rings. The van der Waals surface area contributed by atoms with Crippen molar-refractivity contribution in [2.24, 2.45) is 5.92 Å². The Morgan fingerprint density at radius 1 is 1.42 bits per heavy atom. The van der Waals surface area contributed by atoms with Gasteiger partial charge >= 0.3 is 6.03 Å². The average Bonchev–Trinajstić information content (AvgIpc) is 3.02. The lowest BCUT2D eigenvalue weighted by molar-refractivity contribution is 0.0820. The Bertz CT molecular complexity index is 703. The lowest BCUT2D eigenvalue weighted by Crippen LogP contribution is -2.42. The highest BCUT2D eigenvalue weighted by molar-refractivity contribution is 5.90. The number of carbonyl (C=O) groups excluding carboxylic acids is 1. The van der Waals surface area contributed by atoms with Gasteiger partial charge < -0.3 is 19.7 Å². The van der Waals surface area contributed by atoms with Crippen LogP contribution in [0.5, 0.6) is 0 Å². The molecule has 1 aliphatic rings. The summed E-state index contributed by atoms with van der Waals surface area (Å²) in [6.07, 6.45) is 2.96. The molecule has 6 nitrogen and oxygen atoms in total. The van der Waals surface area contributed by atoms with Crippen molar-refractivity contribution in [3.05, 3.63) is 36.2 Å². The Hall–Kier alpha value is -2.34. The van der Waals surface area contributed by atoms with Gasteiger partial charge in [-0.25, -0.2) is 9.78 Å². The Labute approximate surface area is 141 Å². The first-order chi connectivity index (χ1) is 11.5. The lowest BCUT2D eigenvalue weighted by Gasteiger charge is -2.33. The number of aliphatic hydroxyl groups is 1. The van der Waals surface area contributed by atoms with Crippen LogP contribution in [0.2, 0.25) is 0 Å². The number of amides is 2. The van der Waals surface area contributed by atoms with E-state index in [2.05, 4.69) is 10.3 Å². The first-order valence-electron chi connectivity index (χ1n) is 8.29. The van der Waals surface area contributed by atoms with Gasteiger partial charge in [0.15, 0.2) is 0 Å². The molecule has 0 spiro atoms. The number of nitrogens with one attached hydrogen (secondary N) is 1. The number of benzene rings is 1. The molecule has 0 aliphatic carbocycles. The Kier molecular flexibility index (Phi) is 4.85. The number of likely N-dealkylation sites (tertiary alicyclic amines) is 1. The predicted octanol–water partition coefficient (Wildman–Crippen LogP) is 3.27. The van der Waals surface area contributed by atoms with E-state index in [4.69, 9.17) is 4.42 Å². The third-order valence-corrected chi connectivity index (χ3v) is 4.49. The number of hydrogen-bond donors (Lipinski definition) is 2. The normalized spacial score (nSPS) is 16.9. The second-order valence-electron chi connectivity index (χ2n) is 6.37. The third kappa shape index (κ3) is 3.76. The largest absolute Gasteiger partial charge is 0.444 e. The zero-order chi connectivity index (χ0) is 17.1. The summed E-state index contributed by atoms with van der Waals surface area (Å²) in [7, 11) is 0. The van der Waals surface area contributed by atoms with Gasteiger partial charge in [0.2, 0.25) is 5.89 Å². The molecule has 2 amide bonds. The van der Waals surface area contributed by atoms with E-state index in [-0.39, 0.29) is 18.1 Å². The fourth-order valence-corrected chi connectivity index (χ4v) is 3.00. The fourth-order valence-electron chi connectivity index (χ4n) is 3.00. The highest BCUT2D eigenvalue weighted by Gasteiger charge is 2.25. The summed E-state index contributed by atoms with van der Waals surface area (Å²) in [6, 6.07) is 7.35. The van der Waals surface area contributed by atoms with Crippen LogP contribution >= 0.6 is 0 Å². The minimum atomic E-state index is -0.309. The molecule has 1 fully saturated rings. The summed E-state index contributed by atoms with van der Waals surface area (Å²) >= 11 is 0. The molecule has 1 aromatic heterocycles. The van der Waals surface area contributed by atoms with E-state index < -0.39 is 0 Å². The molecule has 128 valence electrons. The van der Waals surface area contributed by atoms with E-state index in [0.717, 1.165) is 24.1 Å². The van der Waals surface area contributed by atoms with Crippen molar-refractivity contribution >= 4 is 11.7 Å². The number of aromatic nitrogens is 1. The van der Waals surface area contributed by atoms with Crippen LogP contribution in [0.25, 0.3) is 11.5 Å². The second-order valence-corrected chi connectivity index (χ2v) is 6.37. The number of urea groups is 1. The first kappa shape index (κ1) is 16.5. The summed E-state index contributed by atoms with van der Waals surface area (Å²) in [5, 5.41) is 12.6. The zero-order valence-electron chi connectivity index (χ0n) is 14.0. The third-order valence-electron chi connectivity index (χ3n) is 4.49. The van der Waals surface area contributed by atoms with Crippen LogP contribution in [0.3, 0.4) is 0 Å². The van der Waals surface area contributed by atoms with E-state index in [1.165, 1.54) is 0 Å². The van der Waals surface area contributed by atoms with E-state index in [1.54, 1.807) is 11.2 Å². The molecule has 3 rings (SSSR count). The van der Waals surface area contributed by atoms with Crippen molar-refractivity contribution < 1.29 is 14.3 Å². The van der Waals surface area contributed by atoms with E-state index in [0.29, 0.717) is 24.7 Å². The summed E-state index contributed by atoms with van der Waals surface area (Å²) in [5.74, 6) is 0.826. The lowest BCUT2D eigenvalue weighted by atomic mass is 9.92. The van der Waals surface area contributed by atoms with Gasteiger partial charge in [0.25, 0.3) is 0 Å². The molecule has 1 atom stereocenters. The highest BCUT2D eigenvalue weighted by atomic mass is 16.3. The van der Waals surface area contributed by atoms with Gasteiger partial charge in [0, 0.05) is 24.3 Å². The molecule has 2 N–H and O–H groups in total. The summed E-state index contributed by atoms with van der Waals surface area (Å²) in [6.45, 7) is 5.02. The minimum absolute atomic E-state index is 0.111. The predicted molar refractivity (Wildman–Crippen MR) is 91.7 cm³/mol. The van der Waals surface area contributed by atoms with Crippen LogP contribution in [0.1, 0.15) is 25.5 Å². The van der Waals surface area contributed by atoms with Crippen LogP contribution in [0.4, 0.5) is 10.5 Å². The van der Waals surface area contributed by atoms with Crippen molar-refractivity contribution in [1.29, 1.82) is 0 Å². The summed E-state index contributed by atoms with van der Waals surface area (Å²) in [5.41, 5.74) is 2.36. The number of rotatable bonds is 3. The van der Waals surface area contributed by atoms with Gasteiger partial charge in [-0.15, -0.1) is 0 Å². The van der Waals surface area contributed by atoms with E-state index in [9.17, 15) is 9.90 Å². The minimum Gasteiger partial charge on any atom is -0.444 e. The summed E-state index contributed by atoms with van der Waals surface area (Å²) in [4.78, 5) is 18.5. The molecule has 1 saturated heterocycles. The van der Waals surface area contributed by atoms with Gasteiger partial charge in [0.05, 0.1) is 11.8 Å². The maximum Gasteiger partial charge on any atom is 0.321 e. The van der Waals surface area contributed by atoms with Gasteiger partial charge in [-0.2, -0.15) is 0 Å². The van der Waals surface area contributed by atoms with Crippen molar-refractivity contribution in [2.75, 3.05) is 18.4 Å². The van der Waals surface area contributed by atoms with E-state index >= 15 is 0 Å². The molecule has 2 heterocycles. The number of piperidine rings is 1. The molecule has 0 bridgehead atoms. The fraction of sp³-hybridized carbons (Fsp3) is 0.444. The number of anilines is 1. The standard InChI is InChI=1S/C18H23N3O3/c1-12-11-24-17(19-12)15-4-3-5-16(10-15)20-18(23)21-8-6-14(7-9-21)13(2)22/h3-5,10-11,13-14,22H,6-9H2,1-2H3,(H,20,23). The van der Waals surface area contributed by atoms with Crippen LogP contribution in [-0.2, 0) is 0 Å². The molecule has 1 unspecified atom stereocenters. The molecule has 0 radical (unpaired) electrons.